The molecule has 0 saturated heterocycles. The monoisotopic (exact) mass is 438 g/mol. The summed E-state index contributed by atoms with van der Waals surface area (Å²) in [5.41, 5.74) is 2.14. The number of hydrogen-bond acceptors (Lipinski definition) is 7. The van der Waals surface area contributed by atoms with E-state index in [1.54, 1.807) is 44.5 Å². The van der Waals surface area contributed by atoms with Crippen LogP contribution in [0.25, 0.3) is 11.0 Å². The maximum atomic E-state index is 13.2. The van der Waals surface area contributed by atoms with E-state index in [0.717, 1.165) is 20.8 Å². The van der Waals surface area contributed by atoms with Crippen molar-refractivity contribution in [2.75, 3.05) is 19.5 Å². The molecule has 0 bridgehead atoms. The van der Waals surface area contributed by atoms with Gasteiger partial charge in [0.05, 0.1) is 17.4 Å². The maximum Gasteiger partial charge on any atom is 0.269 e. The zero-order valence-electron chi connectivity index (χ0n) is 17.4. The molecule has 0 unspecified atom stereocenters. The zero-order chi connectivity index (χ0) is 22.0. The zero-order valence-corrected chi connectivity index (χ0v) is 18.2. The van der Waals surface area contributed by atoms with Crippen molar-refractivity contribution in [1.82, 2.24) is 13.9 Å². The number of ether oxygens (including phenoxy) is 2. The quantitative estimate of drug-likeness (QED) is 0.471. The Morgan fingerprint density at radius 2 is 1.71 bits per heavy atom. The highest BCUT2D eigenvalue weighted by molar-refractivity contribution is 7.90. The van der Waals surface area contributed by atoms with Gasteiger partial charge in [0.1, 0.15) is 12.4 Å². The number of methoxy groups -OCH3 is 1. The molecule has 0 aliphatic carbocycles. The summed E-state index contributed by atoms with van der Waals surface area (Å²) in [6, 6.07) is 15.8. The van der Waals surface area contributed by atoms with Gasteiger partial charge in [0.15, 0.2) is 5.65 Å². The molecule has 4 aromatic rings. The smallest absolute Gasteiger partial charge is 0.269 e. The second kappa shape index (κ2) is 8.27. The Morgan fingerprint density at radius 3 is 2.35 bits per heavy atom. The average Bonchev–Trinajstić information content (AvgIpc) is 3.23. The highest BCUT2D eigenvalue weighted by atomic mass is 32.2. The molecule has 160 valence electrons. The van der Waals surface area contributed by atoms with E-state index in [1.807, 2.05) is 31.2 Å². The van der Waals surface area contributed by atoms with Crippen LogP contribution in [0.15, 0.2) is 65.7 Å². The van der Waals surface area contributed by atoms with Gasteiger partial charge < -0.3 is 14.8 Å². The molecule has 8 nitrogen and oxygen atoms in total. The number of anilines is 1. The van der Waals surface area contributed by atoms with Gasteiger partial charge in [-0.2, -0.15) is 9.97 Å². The fourth-order valence-corrected chi connectivity index (χ4v) is 4.37. The third kappa shape index (κ3) is 4.04. The first-order valence-corrected chi connectivity index (χ1v) is 11.0. The molecule has 0 radical (unpaired) electrons. The summed E-state index contributed by atoms with van der Waals surface area (Å²) < 4.78 is 38.6. The van der Waals surface area contributed by atoms with Gasteiger partial charge in [-0.15, -0.1) is 0 Å². The summed E-state index contributed by atoms with van der Waals surface area (Å²) in [4.78, 5) is 8.92. The number of aromatic nitrogens is 3. The number of nitrogens with zero attached hydrogens (tertiary/aromatic N) is 3. The van der Waals surface area contributed by atoms with Gasteiger partial charge in [-0.1, -0.05) is 29.8 Å². The predicted molar refractivity (Wildman–Crippen MR) is 118 cm³/mol. The molecule has 0 amide bonds. The van der Waals surface area contributed by atoms with Gasteiger partial charge in [0.2, 0.25) is 11.8 Å². The summed E-state index contributed by atoms with van der Waals surface area (Å²) in [6.45, 7) is 2.16. The second-order valence-corrected chi connectivity index (χ2v) is 8.72. The largest absolute Gasteiger partial charge is 0.497 e. The second-order valence-electron chi connectivity index (χ2n) is 6.91. The van der Waals surface area contributed by atoms with Gasteiger partial charge >= 0.3 is 0 Å². The molecule has 0 aliphatic rings. The molecular formula is C22H22N4O4S. The van der Waals surface area contributed by atoms with E-state index in [0.29, 0.717) is 11.3 Å². The number of fused-ring (bicyclic) bond motifs is 1. The highest BCUT2D eigenvalue weighted by Crippen LogP contribution is 2.29. The van der Waals surface area contributed by atoms with E-state index < -0.39 is 10.0 Å². The Kier molecular flexibility index (Phi) is 5.51. The number of benzene rings is 2. The third-order valence-corrected chi connectivity index (χ3v) is 6.49. The lowest BCUT2D eigenvalue weighted by atomic mass is 10.2. The van der Waals surface area contributed by atoms with E-state index >= 15 is 0 Å². The molecule has 0 atom stereocenters. The highest BCUT2D eigenvalue weighted by Gasteiger charge is 2.22. The van der Waals surface area contributed by atoms with Crippen LogP contribution in [-0.4, -0.2) is 36.5 Å². The number of hydrogen-bond donors (Lipinski definition) is 1. The fourth-order valence-electron chi connectivity index (χ4n) is 3.08. The topological polar surface area (TPSA) is 95.3 Å². The summed E-state index contributed by atoms with van der Waals surface area (Å²) in [6.07, 6.45) is 1.47. The molecule has 0 fully saturated rings. The lowest BCUT2D eigenvalue weighted by Gasteiger charge is -2.11. The maximum absolute atomic E-state index is 13.2. The van der Waals surface area contributed by atoms with Crippen molar-refractivity contribution in [2.24, 2.45) is 0 Å². The predicted octanol–water partition coefficient (Wildman–Crippen LogP) is 3.61. The van der Waals surface area contributed by atoms with Crippen molar-refractivity contribution in [1.29, 1.82) is 0 Å². The molecule has 2 aromatic carbocycles. The normalized spacial score (nSPS) is 11.5. The van der Waals surface area contributed by atoms with Crippen LogP contribution in [-0.2, 0) is 16.6 Å². The van der Waals surface area contributed by atoms with E-state index in [1.165, 1.54) is 6.20 Å². The van der Waals surface area contributed by atoms with E-state index in [2.05, 4.69) is 15.3 Å². The summed E-state index contributed by atoms with van der Waals surface area (Å²) in [5, 5.41) is 3.36. The number of rotatable bonds is 7. The molecule has 4 rings (SSSR count). The van der Waals surface area contributed by atoms with Crippen LogP contribution in [0.2, 0.25) is 0 Å². The Hall–Kier alpha value is -3.59. The Morgan fingerprint density at radius 1 is 1.00 bits per heavy atom. The molecule has 9 heteroatoms. The van der Waals surface area contributed by atoms with Crippen molar-refractivity contribution >= 4 is 27.0 Å². The summed E-state index contributed by atoms with van der Waals surface area (Å²) in [5.74, 6) is 1.31. The first kappa shape index (κ1) is 20.7. The Bertz CT molecular complexity index is 1310. The van der Waals surface area contributed by atoms with E-state index in [4.69, 9.17) is 9.47 Å². The minimum absolute atomic E-state index is 0.181. The van der Waals surface area contributed by atoms with E-state index in [-0.39, 0.29) is 23.1 Å². The molecule has 31 heavy (non-hydrogen) atoms. The van der Waals surface area contributed by atoms with Crippen LogP contribution >= 0.6 is 0 Å². The average molecular weight is 439 g/mol. The fraction of sp³-hybridized carbons (Fsp3) is 0.182. The van der Waals surface area contributed by atoms with Crippen molar-refractivity contribution < 1.29 is 17.9 Å². The third-order valence-electron chi connectivity index (χ3n) is 4.81. The van der Waals surface area contributed by atoms with Gasteiger partial charge in [0, 0.05) is 13.2 Å². The summed E-state index contributed by atoms with van der Waals surface area (Å²) >= 11 is 0. The van der Waals surface area contributed by atoms with Crippen molar-refractivity contribution in [3.63, 3.8) is 0 Å². The minimum Gasteiger partial charge on any atom is -0.497 e. The lowest BCUT2D eigenvalue weighted by Crippen LogP contribution is -2.13. The molecule has 0 aliphatic heterocycles. The Balaban J connectivity index is 1.72. The number of nitrogens with one attached hydrogen (secondary N) is 1. The van der Waals surface area contributed by atoms with Gasteiger partial charge in [0.25, 0.3) is 10.0 Å². The Labute approximate surface area is 180 Å². The van der Waals surface area contributed by atoms with Gasteiger partial charge in [-0.25, -0.2) is 12.4 Å². The molecule has 2 heterocycles. The van der Waals surface area contributed by atoms with E-state index in [9.17, 15) is 8.42 Å². The van der Waals surface area contributed by atoms with Crippen LogP contribution < -0.4 is 14.8 Å². The van der Waals surface area contributed by atoms with Gasteiger partial charge in [-0.3, -0.25) is 0 Å². The first-order valence-electron chi connectivity index (χ1n) is 9.57. The first-order chi connectivity index (χ1) is 14.9. The van der Waals surface area contributed by atoms with Crippen LogP contribution in [0.3, 0.4) is 0 Å². The van der Waals surface area contributed by atoms with Crippen LogP contribution in [0.5, 0.6) is 11.6 Å². The molecule has 2 aromatic heterocycles. The molecular weight excluding hydrogens is 416 g/mol. The van der Waals surface area contributed by atoms with Crippen molar-refractivity contribution in [3.8, 4) is 11.6 Å². The number of aryl methyl sites for hydroxylation is 1. The molecule has 0 saturated carbocycles. The summed E-state index contributed by atoms with van der Waals surface area (Å²) in [7, 11) is -0.555. The molecule has 1 N–H and O–H groups in total. The van der Waals surface area contributed by atoms with Crippen LogP contribution in [0, 0.1) is 6.92 Å². The minimum atomic E-state index is -3.83. The SMILES string of the molecule is CNc1nc(OCc2ccc(OC)cc2)c2ccn(S(=O)(=O)c3ccc(C)cc3)c2n1. The van der Waals surface area contributed by atoms with Crippen molar-refractivity contribution in [2.45, 2.75) is 18.4 Å². The van der Waals surface area contributed by atoms with Gasteiger partial charge in [-0.05, 0) is 42.8 Å². The standard InChI is InChI=1S/C22H22N4O4S/c1-15-4-10-18(11-5-15)31(27,28)26-13-12-19-20(26)24-22(23-2)25-21(19)30-14-16-6-8-17(29-3)9-7-16/h4-13H,14H2,1-3H3,(H,23,24,25). The van der Waals surface area contributed by atoms with Crippen LogP contribution in [0.1, 0.15) is 11.1 Å². The molecule has 0 spiro atoms. The van der Waals surface area contributed by atoms with Crippen LogP contribution in [0.4, 0.5) is 5.95 Å². The lowest BCUT2D eigenvalue weighted by molar-refractivity contribution is 0.298. The van der Waals surface area contributed by atoms with Crippen molar-refractivity contribution in [3.05, 3.63) is 71.9 Å².